The molecular formula is C16H16N2O4. The molecule has 0 saturated heterocycles. The molecule has 0 atom stereocenters. The molecular weight excluding hydrogens is 284 g/mol. The number of hydrogen-bond acceptors (Lipinski definition) is 4. The number of benzene rings is 1. The van der Waals surface area contributed by atoms with E-state index in [0.29, 0.717) is 11.4 Å². The number of amides is 2. The molecule has 0 radical (unpaired) electrons. The van der Waals surface area contributed by atoms with Gasteiger partial charge in [-0.3, -0.25) is 14.4 Å². The standard InChI is InChI=1S/C16H16N2O4/c1-11(19)17-12-4-2-5-13(10-12)18-16(21)8-7-14(20)15-6-3-9-22-15/h2-6,9-10H,7-8H2,1H3,(H,17,19)(H,18,21). The molecule has 0 saturated carbocycles. The fraction of sp³-hybridized carbons (Fsp3) is 0.188. The molecule has 22 heavy (non-hydrogen) atoms. The van der Waals surface area contributed by atoms with Gasteiger partial charge in [0.05, 0.1) is 6.26 Å². The van der Waals surface area contributed by atoms with Crippen LogP contribution in [0.1, 0.15) is 30.3 Å². The van der Waals surface area contributed by atoms with E-state index in [1.54, 1.807) is 36.4 Å². The quantitative estimate of drug-likeness (QED) is 0.803. The van der Waals surface area contributed by atoms with Crippen molar-refractivity contribution in [3.8, 4) is 0 Å². The van der Waals surface area contributed by atoms with E-state index in [1.165, 1.54) is 13.2 Å². The maximum Gasteiger partial charge on any atom is 0.224 e. The first-order chi connectivity index (χ1) is 10.5. The molecule has 0 spiro atoms. The molecule has 1 aromatic carbocycles. The van der Waals surface area contributed by atoms with Crippen LogP contribution >= 0.6 is 0 Å². The summed E-state index contributed by atoms with van der Waals surface area (Å²) in [7, 11) is 0. The second-order valence-corrected chi connectivity index (χ2v) is 4.71. The Kier molecular flexibility index (Phi) is 5.08. The lowest BCUT2D eigenvalue weighted by Gasteiger charge is -2.07. The lowest BCUT2D eigenvalue weighted by molar-refractivity contribution is -0.116. The van der Waals surface area contributed by atoms with E-state index >= 15 is 0 Å². The molecule has 1 aromatic heterocycles. The summed E-state index contributed by atoms with van der Waals surface area (Å²) in [6.07, 6.45) is 1.55. The molecule has 2 aromatic rings. The van der Waals surface area contributed by atoms with Gasteiger partial charge in [0.2, 0.25) is 11.8 Å². The monoisotopic (exact) mass is 300 g/mol. The van der Waals surface area contributed by atoms with Crippen molar-refractivity contribution in [2.45, 2.75) is 19.8 Å². The maximum atomic E-state index is 11.8. The summed E-state index contributed by atoms with van der Waals surface area (Å²) >= 11 is 0. The van der Waals surface area contributed by atoms with Gasteiger partial charge in [-0.25, -0.2) is 0 Å². The van der Waals surface area contributed by atoms with Crippen LogP contribution in [0.15, 0.2) is 47.1 Å². The average molecular weight is 300 g/mol. The van der Waals surface area contributed by atoms with Crippen LogP contribution in [0.4, 0.5) is 11.4 Å². The van der Waals surface area contributed by atoms with Gasteiger partial charge >= 0.3 is 0 Å². The zero-order valence-electron chi connectivity index (χ0n) is 12.1. The van der Waals surface area contributed by atoms with Crippen LogP contribution in [0.3, 0.4) is 0 Å². The summed E-state index contributed by atoms with van der Waals surface area (Å²) in [5.41, 5.74) is 1.15. The highest BCUT2D eigenvalue weighted by molar-refractivity contribution is 5.98. The topological polar surface area (TPSA) is 88.4 Å². The number of nitrogens with one attached hydrogen (secondary N) is 2. The second kappa shape index (κ2) is 7.21. The molecule has 0 unspecified atom stereocenters. The number of Topliss-reactive ketones (excluding diaryl/α,β-unsaturated/α-hetero) is 1. The number of carbonyl (C=O) groups is 3. The smallest absolute Gasteiger partial charge is 0.224 e. The molecule has 0 fully saturated rings. The molecule has 2 amide bonds. The third-order valence-corrected chi connectivity index (χ3v) is 2.84. The molecule has 2 N–H and O–H groups in total. The van der Waals surface area contributed by atoms with E-state index in [1.807, 2.05) is 0 Å². The van der Waals surface area contributed by atoms with Gasteiger partial charge in [-0.15, -0.1) is 0 Å². The first kappa shape index (κ1) is 15.5. The normalized spacial score (nSPS) is 10.0. The number of rotatable bonds is 6. The van der Waals surface area contributed by atoms with Gasteiger partial charge < -0.3 is 15.1 Å². The Labute approximate surface area is 127 Å². The lowest BCUT2D eigenvalue weighted by atomic mass is 10.1. The van der Waals surface area contributed by atoms with E-state index in [4.69, 9.17) is 4.42 Å². The minimum atomic E-state index is -0.278. The van der Waals surface area contributed by atoms with Crippen LogP contribution in [0, 0.1) is 0 Å². The van der Waals surface area contributed by atoms with E-state index < -0.39 is 0 Å². The maximum absolute atomic E-state index is 11.8. The number of ketones is 1. The number of furan rings is 1. The summed E-state index contributed by atoms with van der Waals surface area (Å²) in [6, 6.07) is 9.98. The zero-order valence-corrected chi connectivity index (χ0v) is 12.1. The predicted molar refractivity (Wildman–Crippen MR) is 81.6 cm³/mol. The van der Waals surface area contributed by atoms with Gasteiger partial charge in [0.15, 0.2) is 11.5 Å². The van der Waals surface area contributed by atoms with E-state index in [9.17, 15) is 14.4 Å². The van der Waals surface area contributed by atoms with Crippen LogP contribution in [0.5, 0.6) is 0 Å². The molecule has 0 aliphatic rings. The van der Waals surface area contributed by atoms with Gasteiger partial charge in [-0.2, -0.15) is 0 Å². The second-order valence-electron chi connectivity index (χ2n) is 4.71. The Bertz CT molecular complexity index is 677. The minimum Gasteiger partial charge on any atom is -0.461 e. The minimum absolute atomic E-state index is 0.0594. The van der Waals surface area contributed by atoms with Crippen molar-refractivity contribution in [3.05, 3.63) is 48.4 Å². The Morgan fingerprint density at radius 2 is 1.73 bits per heavy atom. The highest BCUT2D eigenvalue weighted by Gasteiger charge is 2.11. The molecule has 0 bridgehead atoms. The van der Waals surface area contributed by atoms with Crippen LogP contribution in [0.25, 0.3) is 0 Å². The Morgan fingerprint density at radius 3 is 2.36 bits per heavy atom. The number of anilines is 2. The van der Waals surface area contributed by atoms with Crippen molar-refractivity contribution in [1.82, 2.24) is 0 Å². The zero-order chi connectivity index (χ0) is 15.9. The van der Waals surface area contributed by atoms with Crippen molar-refractivity contribution in [3.63, 3.8) is 0 Å². The number of carbonyl (C=O) groups excluding carboxylic acids is 3. The molecule has 6 nitrogen and oxygen atoms in total. The Morgan fingerprint density at radius 1 is 1.00 bits per heavy atom. The highest BCUT2D eigenvalue weighted by Crippen LogP contribution is 2.15. The Hall–Kier alpha value is -2.89. The van der Waals surface area contributed by atoms with Crippen LogP contribution in [-0.2, 0) is 9.59 Å². The third-order valence-electron chi connectivity index (χ3n) is 2.84. The van der Waals surface area contributed by atoms with Crippen molar-refractivity contribution < 1.29 is 18.8 Å². The number of hydrogen-bond donors (Lipinski definition) is 2. The van der Waals surface area contributed by atoms with Crippen LogP contribution in [0.2, 0.25) is 0 Å². The van der Waals surface area contributed by atoms with E-state index in [0.717, 1.165) is 0 Å². The Balaban J connectivity index is 1.86. The van der Waals surface area contributed by atoms with Crippen molar-refractivity contribution in [2.24, 2.45) is 0 Å². The molecule has 2 rings (SSSR count). The highest BCUT2D eigenvalue weighted by atomic mass is 16.3. The van der Waals surface area contributed by atoms with Gasteiger partial charge in [0, 0.05) is 31.1 Å². The molecule has 114 valence electrons. The predicted octanol–water partition coefficient (Wildman–Crippen LogP) is 2.84. The van der Waals surface area contributed by atoms with Gasteiger partial charge in [0.1, 0.15) is 0 Å². The summed E-state index contributed by atoms with van der Waals surface area (Å²) in [5, 5.41) is 5.31. The van der Waals surface area contributed by atoms with E-state index in [2.05, 4.69) is 10.6 Å². The summed E-state index contributed by atoms with van der Waals surface area (Å²) in [6.45, 7) is 1.41. The van der Waals surface area contributed by atoms with Crippen molar-refractivity contribution in [1.29, 1.82) is 0 Å². The summed E-state index contributed by atoms with van der Waals surface area (Å²) in [5.74, 6) is -0.431. The lowest BCUT2D eigenvalue weighted by Crippen LogP contribution is -2.13. The fourth-order valence-corrected chi connectivity index (χ4v) is 1.89. The SMILES string of the molecule is CC(=O)Nc1cccc(NC(=O)CCC(=O)c2ccco2)c1. The fourth-order valence-electron chi connectivity index (χ4n) is 1.89. The molecule has 6 heteroatoms. The van der Waals surface area contributed by atoms with Crippen LogP contribution < -0.4 is 10.6 Å². The first-order valence-corrected chi connectivity index (χ1v) is 6.79. The first-order valence-electron chi connectivity index (χ1n) is 6.79. The van der Waals surface area contributed by atoms with Gasteiger partial charge in [0.25, 0.3) is 0 Å². The van der Waals surface area contributed by atoms with Crippen LogP contribution in [-0.4, -0.2) is 17.6 Å². The van der Waals surface area contributed by atoms with Crippen molar-refractivity contribution in [2.75, 3.05) is 10.6 Å². The van der Waals surface area contributed by atoms with Crippen molar-refractivity contribution >= 4 is 29.0 Å². The average Bonchev–Trinajstić information content (AvgIpc) is 2.98. The largest absolute Gasteiger partial charge is 0.461 e. The third kappa shape index (κ3) is 4.59. The molecule has 0 aliphatic heterocycles. The van der Waals surface area contributed by atoms with Gasteiger partial charge in [-0.1, -0.05) is 6.07 Å². The molecule has 0 aliphatic carbocycles. The summed E-state index contributed by atoms with van der Waals surface area (Å²) < 4.78 is 4.98. The molecule has 1 heterocycles. The van der Waals surface area contributed by atoms with Gasteiger partial charge in [-0.05, 0) is 30.3 Å². The van der Waals surface area contributed by atoms with E-state index in [-0.39, 0.29) is 36.2 Å². The summed E-state index contributed by atoms with van der Waals surface area (Å²) in [4.78, 5) is 34.5.